The maximum absolute atomic E-state index is 11.6. The van der Waals surface area contributed by atoms with E-state index in [0.29, 0.717) is 12.1 Å². The second-order valence-electron chi connectivity index (χ2n) is 3.62. The van der Waals surface area contributed by atoms with Crippen molar-refractivity contribution in [2.45, 2.75) is 19.5 Å². The standard InChI is InChI=1S/C10H13N5O/c1-8(6-15-3-2-11-7-15)14-10(16)9-4-12-13-5-9/h2-5,7-8H,6H2,1H3,(H,12,13)(H,14,16). The van der Waals surface area contributed by atoms with Crippen molar-refractivity contribution in [2.75, 3.05) is 0 Å². The Bertz CT molecular complexity index is 434. The van der Waals surface area contributed by atoms with Gasteiger partial charge < -0.3 is 9.88 Å². The van der Waals surface area contributed by atoms with Crippen molar-refractivity contribution in [2.24, 2.45) is 0 Å². The molecule has 1 amide bonds. The average molecular weight is 219 g/mol. The van der Waals surface area contributed by atoms with Crippen LogP contribution in [0.4, 0.5) is 0 Å². The minimum Gasteiger partial charge on any atom is -0.348 e. The fourth-order valence-electron chi connectivity index (χ4n) is 1.44. The first-order valence-electron chi connectivity index (χ1n) is 5.01. The van der Waals surface area contributed by atoms with E-state index < -0.39 is 0 Å². The molecule has 2 rings (SSSR count). The van der Waals surface area contributed by atoms with Crippen molar-refractivity contribution < 1.29 is 4.79 Å². The van der Waals surface area contributed by atoms with Crippen LogP contribution in [-0.4, -0.2) is 31.7 Å². The first-order valence-corrected chi connectivity index (χ1v) is 5.01. The van der Waals surface area contributed by atoms with Crippen LogP contribution in [0.25, 0.3) is 0 Å². The highest BCUT2D eigenvalue weighted by Gasteiger charge is 2.10. The van der Waals surface area contributed by atoms with Crippen molar-refractivity contribution >= 4 is 5.91 Å². The lowest BCUT2D eigenvalue weighted by atomic mass is 10.3. The van der Waals surface area contributed by atoms with E-state index in [9.17, 15) is 4.79 Å². The van der Waals surface area contributed by atoms with Gasteiger partial charge in [0, 0.05) is 31.2 Å². The molecule has 0 saturated heterocycles. The van der Waals surface area contributed by atoms with Crippen LogP contribution in [0.2, 0.25) is 0 Å². The fourth-order valence-corrected chi connectivity index (χ4v) is 1.44. The quantitative estimate of drug-likeness (QED) is 0.782. The Hall–Kier alpha value is -2.11. The van der Waals surface area contributed by atoms with E-state index in [1.807, 2.05) is 17.7 Å². The van der Waals surface area contributed by atoms with E-state index in [-0.39, 0.29) is 11.9 Å². The van der Waals surface area contributed by atoms with Gasteiger partial charge in [0.05, 0.1) is 18.1 Å². The van der Waals surface area contributed by atoms with E-state index >= 15 is 0 Å². The molecule has 0 bridgehead atoms. The van der Waals surface area contributed by atoms with E-state index in [1.165, 1.54) is 6.20 Å². The molecule has 2 aromatic rings. The first-order chi connectivity index (χ1) is 7.75. The minimum atomic E-state index is -0.124. The summed E-state index contributed by atoms with van der Waals surface area (Å²) in [5.41, 5.74) is 0.539. The minimum absolute atomic E-state index is 0.0385. The van der Waals surface area contributed by atoms with Gasteiger partial charge in [0.2, 0.25) is 0 Å². The molecule has 0 aliphatic carbocycles. The smallest absolute Gasteiger partial charge is 0.254 e. The Morgan fingerprint density at radius 2 is 2.56 bits per heavy atom. The molecular weight excluding hydrogens is 206 g/mol. The molecule has 2 aromatic heterocycles. The molecular formula is C10H13N5O. The van der Waals surface area contributed by atoms with Crippen molar-refractivity contribution in [3.8, 4) is 0 Å². The summed E-state index contributed by atoms with van der Waals surface area (Å²) in [4.78, 5) is 15.6. The van der Waals surface area contributed by atoms with Gasteiger partial charge in [-0.25, -0.2) is 4.98 Å². The van der Waals surface area contributed by atoms with Crippen LogP contribution >= 0.6 is 0 Å². The van der Waals surface area contributed by atoms with Crippen molar-refractivity contribution in [3.63, 3.8) is 0 Å². The lowest BCUT2D eigenvalue weighted by Crippen LogP contribution is -2.35. The number of nitrogens with one attached hydrogen (secondary N) is 2. The number of carbonyl (C=O) groups excluding carboxylic acids is 1. The second kappa shape index (κ2) is 4.61. The van der Waals surface area contributed by atoms with Gasteiger partial charge in [-0.15, -0.1) is 0 Å². The molecule has 0 aromatic carbocycles. The molecule has 0 fully saturated rings. The van der Waals surface area contributed by atoms with Gasteiger partial charge in [-0.05, 0) is 6.92 Å². The summed E-state index contributed by atoms with van der Waals surface area (Å²) in [5.74, 6) is -0.124. The van der Waals surface area contributed by atoms with Crippen LogP contribution in [0.15, 0.2) is 31.1 Å². The lowest BCUT2D eigenvalue weighted by Gasteiger charge is -2.13. The largest absolute Gasteiger partial charge is 0.348 e. The van der Waals surface area contributed by atoms with Crippen LogP contribution in [-0.2, 0) is 6.54 Å². The van der Waals surface area contributed by atoms with E-state index in [1.54, 1.807) is 18.7 Å². The Balaban J connectivity index is 1.88. The van der Waals surface area contributed by atoms with Crippen LogP contribution in [0.5, 0.6) is 0 Å². The number of imidazole rings is 1. The highest BCUT2D eigenvalue weighted by atomic mass is 16.1. The molecule has 0 radical (unpaired) electrons. The summed E-state index contributed by atoms with van der Waals surface area (Å²) in [6.07, 6.45) is 8.37. The summed E-state index contributed by atoms with van der Waals surface area (Å²) in [6, 6.07) is 0.0385. The molecule has 0 aliphatic heterocycles. The third-order valence-electron chi connectivity index (χ3n) is 2.18. The number of hydrogen-bond donors (Lipinski definition) is 2. The Morgan fingerprint density at radius 3 is 3.19 bits per heavy atom. The molecule has 2 N–H and O–H groups in total. The van der Waals surface area contributed by atoms with Gasteiger partial charge >= 0.3 is 0 Å². The van der Waals surface area contributed by atoms with Gasteiger partial charge in [0.25, 0.3) is 5.91 Å². The average Bonchev–Trinajstić information content (AvgIpc) is 2.88. The van der Waals surface area contributed by atoms with Gasteiger partial charge in [-0.3, -0.25) is 9.89 Å². The predicted molar refractivity (Wildman–Crippen MR) is 57.7 cm³/mol. The summed E-state index contributed by atoms with van der Waals surface area (Å²) in [7, 11) is 0. The number of hydrogen-bond acceptors (Lipinski definition) is 3. The summed E-state index contributed by atoms with van der Waals surface area (Å²) in [5, 5.41) is 9.20. The number of nitrogens with zero attached hydrogens (tertiary/aromatic N) is 3. The third kappa shape index (κ3) is 2.47. The Kier molecular flexibility index (Phi) is 3.00. The first kappa shape index (κ1) is 10.4. The predicted octanol–water partition coefficient (Wildman–Crippen LogP) is 0.425. The fraction of sp³-hybridized carbons (Fsp3) is 0.300. The van der Waals surface area contributed by atoms with Crippen LogP contribution in [0.3, 0.4) is 0 Å². The zero-order valence-electron chi connectivity index (χ0n) is 8.92. The SMILES string of the molecule is CC(Cn1ccnc1)NC(=O)c1cn[nH]c1. The molecule has 1 unspecified atom stereocenters. The van der Waals surface area contributed by atoms with Gasteiger partial charge in [0.15, 0.2) is 0 Å². The van der Waals surface area contributed by atoms with E-state index in [4.69, 9.17) is 0 Å². The molecule has 0 saturated carbocycles. The zero-order chi connectivity index (χ0) is 11.4. The molecule has 6 nitrogen and oxygen atoms in total. The maximum atomic E-state index is 11.6. The van der Waals surface area contributed by atoms with Gasteiger partial charge in [-0.1, -0.05) is 0 Å². The molecule has 0 aliphatic rings. The van der Waals surface area contributed by atoms with Crippen molar-refractivity contribution in [1.82, 2.24) is 25.1 Å². The number of rotatable bonds is 4. The Labute approximate surface area is 92.7 Å². The van der Waals surface area contributed by atoms with Crippen molar-refractivity contribution in [3.05, 3.63) is 36.7 Å². The van der Waals surface area contributed by atoms with Crippen molar-refractivity contribution in [1.29, 1.82) is 0 Å². The number of aromatic amines is 1. The van der Waals surface area contributed by atoms with E-state index in [2.05, 4.69) is 20.5 Å². The normalized spacial score (nSPS) is 12.3. The van der Waals surface area contributed by atoms with Crippen LogP contribution < -0.4 is 5.32 Å². The molecule has 1 atom stereocenters. The van der Waals surface area contributed by atoms with Gasteiger partial charge in [-0.2, -0.15) is 5.10 Å². The zero-order valence-corrected chi connectivity index (χ0v) is 8.92. The third-order valence-corrected chi connectivity index (χ3v) is 2.18. The van der Waals surface area contributed by atoms with E-state index in [0.717, 1.165) is 0 Å². The molecule has 16 heavy (non-hydrogen) atoms. The number of carbonyl (C=O) groups is 1. The molecule has 84 valence electrons. The molecule has 2 heterocycles. The summed E-state index contributed by atoms with van der Waals surface area (Å²) >= 11 is 0. The van der Waals surface area contributed by atoms with Crippen LogP contribution in [0, 0.1) is 0 Å². The summed E-state index contributed by atoms with van der Waals surface area (Å²) in [6.45, 7) is 2.64. The van der Waals surface area contributed by atoms with Gasteiger partial charge in [0.1, 0.15) is 0 Å². The molecule has 6 heteroatoms. The maximum Gasteiger partial charge on any atom is 0.254 e. The number of H-pyrrole nitrogens is 1. The highest BCUT2D eigenvalue weighted by Crippen LogP contribution is 1.96. The van der Waals surface area contributed by atoms with Crippen LogP contribution in [0.1, 0.15) is 17.3 Å². The monoisotopic (exact) mass is 219 g/mol. The summed E-state index contributed by atoms with van der Waals surface area (Å²) < 4.78 is 1.92. The lowest BCUT2D eigenvalue weighted by molar-refractivity contribution is 0.0937. The topological polar surface area (TPSA) is 75.6 Å². The number of aromatic nitrogens is 4. The molecule has 0 spiro atoms. The highest BCUT2D eigenvalue weighted by molar-refractivity contribution is 5.93. The Morgan fingerprint density at radius 1 is 1.69 bits per heavy atom. The number of amides is 1. The second-order valence-corrected chi connectivity index (χ2v) is 3.62.